The largest absolute Gasteiger partial charge is 0.302 e. The summed E-state index contributed by atoms with van der Waals surface area (Å²) >= 11 is 1.54. The lowest BCUT2D eigenvalue weighted by Gasteiger charge is -2.23. The molecule has 1 aliphatic carbocycles. The number of carbonyl (C=O) groups excluding carboxylic acids is 1. The molecule has 4 heteroatoms. The van der Waals surface area contributed by atoms with E-state index in [2.05, 4.69) is 29.6 Å². The van der Waals surface area contributed by atoms with Gasteiger partial charge in [-0.05, 0) is 18.4 Å². The Balaban J connectivity index is 1.72. The first-order valence-electron chi connectivity index (χ1n) is 8.24. The van der Waals surface area contributed by atoms with Crippen molar-refractivity contribution in [2.75, 3.05) is 5.32 Å². The quantitative estimate of drug-likeness (QED) is 0.711. The SMILES string of the molecule is O=C(Nc1nc(-c2ccccc2)c(-c2ccccc2)s1)C1CCC1. The van der Waals surface area contributed by atoms with Gasteiger partial charge in [0.1, 0.15) is 0 Å². The molecule has 24 heavy (non-hydrogen) atoms. The minimum absolute atomic E-state index is 0.106. The van der Waals surface area contributed by atoms with E-state index in [4.69, 9.17) is 4.98 Å². The van der Waals surface area contributed by atoms with E-state index in [1.54, 1.807) is 11.3 Å². The maximum Gasteiger partial charge on any atom is 0.229 e. The number of amides is 1. The van der Waals surface area contributed by atoms with Gasteiger partial charge in [0, 0.05) is 11.5 Å². The fourth-order valence-corrected chi connectivity index (χ4v) is 3.82. The van der Waals surface area contributed by atoms with Crippen LogP contribution in [0.25, 0.3) is 21.7 Å². The molecule has 0 spiro atoms. The molecule has 1 fully saturated rings. The Kier molecular flexibility index (Phi) is 4.13. The van der Waals surface area contributed by atoms with E-state index < -0.39 is 0 Å². The van der Waals surface area contributed by atoms with Crippen LogP contribution in [0.15, 0.2) is 60.7 Å². The minimum atomic E-state index is 0.106. The van der Waals surface area contributed by atoms with Crippen LogP contribution in [-0.2, 0) is 4.79 Å². The zero-order valence-corrected chi connectivity index (χ0v) is 14.1. The van der Waals surface area contributed by atoms with Gasteiger partial charge >= 0.3 is 0 Å². The molecule has 3 aromatic rings. The average molecular weight is 334 g/mol. The van der Waals surface area contributed by atoms with Crippen molar-refractivity contribution in [3.8, 4) is 21.7 Å². The van der Waals surface area contributed by atoms with E-state index in [-0.39, 0.29) is 11.8 Å². The van der Waals surface area contributed by atoms with Gasteiger partial charge in [-0.1, -0.05) is 78.4 Å². The monoisotopic (exact) mass is 334 g/mol. The van der Waals surface area contributed by atoms with Gasteiger partial charge in [-0.3, -0.25) is 4.79 Å². The number of thiazole rings is 1. The van der Waals surface area contributed by atoms with Crippen LogP contribution in [0.2, 0.25) is 0 Å². The van der Waals surface area contributed by atoms with E-state index in [0.717, 1.165) is 41.0 Å². The van der Waals surface area contributed by atoms with Crippen LogP contribution < -0.4 is 5.32 Å². The molecular weight excluding hydrogens is 316 g/mol. The molecule has 120 valence electrons. The molecule has 0 radical (unpaired) electrons. The maximum absolute atomic E-state index is 12.2. The average Bonchev–Trinajstić information content (AvgIpc) is 2.98. The highest BCUT2D eigenvalue weighted by Crippen LogP contribution is 2.39. The summed E-state index contributed by atoms with van der Waals surface area (Å²) in [7, 11) is 0. The normalized spacial score (nSPS) is 14.2. The van der Waals surface area contributed by atoms with Gasteiger partial charge in [0.25, 0.3) is 0 Å². The van der Waals surface area contributed by atoms with E-state index >= 15 is 0 Å². The van der Waals surface area contributed by atoms with Crippen molar-refractivity contribution in [3.63, 3.8) is 0 Å². The van der Waals surface area contributed by atoms with Gasteiger partial charge in [0.2, 0.25) is 5.91 Å². The molecule has 0 unspecified atom stereocenters. The van der Waals surface area contributed by atoms with Gasteiger partial charge in [-0.15, -0.1) is 0 Å². The van der Waals surface area contributed by atoms with Gasteiger partial charge in [0.05, 0.1) is 10.6 Å². The molecule has 3 nitrogen and oxygen atoms in total. The van der Waals surface area contributed by atoms with Crippen molar-refractivity contribution in [3.05, 3.63) is 60.7 Å². The Morgan fingerprint density at radius 2 is 1.58 bits per heavy atom. The van der Waals surface area contributed by atoms with Crippen LogP contribution in [0.5, 0.6) is 0 Å². The third-order valence-electron chi connectivity index (χ3n) is 4.42. The van der Waals surface area contributed by atoms with Gasteiger partial charge < -0.3 is 5.32 Å². The number of aromatic nitrogens is 1. The molecule has 2 aromatic carbocycles. The highest BCUT2D eigenvalue weighted by Gasteiger charge is 2.26. The number of hydrogen-bond donors (Lipinski definition) is 1. The molecule has 0 saturated heterocycles. The molecule has 0 aliphatic heterocycles. The molecular formula is C20H18N2OS. The number of benzene rings is 2. The molecule has 1 amide bonds. The first-order valence-corrected chi connectivity index (χ1v) is 9.05. The summed E-state index contributed by atoms with van der Waals surface area (Å²) < 4.78 is 0. The standard InChI is InChI=1S/C20H18N2OS/c23-19(16-12-7-13-16)22-20-21-17(14-8-3-1-4-9-14)18(24-20)15-10-5-2-6-11-15/h1-6,8-11,16H,7,12-13H2,(H,21,22,23). The first kappa shape index (κ1) is 15.1. The molecule has 4 rings (SSSR count). The fraction of sp³-hybridized carbons (Fsp3) is 0.200. The van der Waals surface area contributed by atoms with Crippen molar-refractivity contribution >= 4 is 22.4 Å². The predicted octanol–water partition coefficient (Wildman–Crippen LogP) is 5.22. The second-order valence-corrected chi connectivity index (χ2v) is 7.04. The summed E-state index contributed by atoms with van der Waals surface area (Å²) in [5.74, 6) is 0.267. The van der Waals surface area contributed by atoms with Crippen LogP contribution in [0.3, 0.4) is 0 Å². The molecule has 0 bridgehead atoms. The van der Waals surface area contributed by atoms with Crippen molar-refractivity contribution in [1.82, 2.24) is 4.98 Å². The van der Waals surface area contributed by atoms with E-state index in [1.165, 1.54) is 0 Å². The summed E-state index contributed by atoms with van der Waals surface area (Å²) in [6.07, 6.45) is 3.14. The smallest absolute Gasteiger partial charge is 0.229 e. The van der Waals surface area contributed by atoms with Crippen LogP contribution in [0.1, 0.15) is 19.3 Å². The van der Waals surface area contributed by atoms with Crippen LogP contribution in [-0.4, -0.2) is 10.9 Å². The fourth-order valence-electron chi connectivity index (χ4n) is 2.83. The summed E-state index contributed by atoms with van der Waals surface area (Å²) in [5, 5.41) is 3.70. The summed E-state index contributed by atoms with van der Waals surface area (Å²) in [6.45, 7) is 0. The van der Waals surface area contributed by atoms with E-state index in [9.17, 15) is 4.79 Å². The Labute approximate surface area is 145 Å². The van der Waals surface area contributed by atoms with Gasteiger partial charge in [-0.25, -0.2) is 4.98 Å². The summed E-state index contributed by atoms with van der Waals surface area (Å²) in [5.41, 5.74) is 3.12. The number of nitrogens with one attached hydrogen (secondary N) is 1. The number of rotatable bonds is 4. The Morgan fingerprint density at radius 3 is 2.17 bits per heavy atom. The molecule has 1 aliphatic rings. The minimum Gasteiger partial charge on any atom is -0.302 e. The number of anilines is 1. The number of carbonyl (C=O) groups is 1. The lowest BCUT2D eigenvalue weighted by Crippen LogP contribution is -2.27. The first-order chi connectivity index (χ1) is 11.8. The van der Waals surface area contributed by atoms with Crippen LogP contribution >= 0.6 is 11.3 Å². The zero-order chi connectivity index (χ0) is 16.4. The second kappa shape index (κ2) is 6.57. The molecule has 1 aromatic heterocycles. The van der Waals surface area contributed by atoms with Crippen molar-refractivity contribution < 1.29 is 4.79 Å². The van der Waals surface area contributed by atoms with Crippen molar-refractivity contribution in [1.29, 1.82) is 0 Å². The molecule has 1 saturated carbocycles. The molecule has 1 N–H and O–H groups in total. The zero-order valence-electron chi connectivity index (χ0n) is 13.2. The van der Waals surface area contributed by atoms with Crippen LogP contribution in [0.4, 0.5) is 5.13 Å². The highest BCUT2D eigenvalue weighted by molar-refractivity contribution is 7.19. The van der Waals surface area contributed by atoms with Crippen molar-refractivity contribution in [2.45, 2.75) is 19.3 Å². The third-order valence-corrected chi connectivity index (χ3v) is 5.44. The lowest BCUT2D eigenvalue weighted by atomic mass is 9.85. The Hall–Kier alpha value is -2.46. The van der Waals surface area contributed by atoms with E-state index in [0.29, 0.717) is 5.13 Å². The maximum atomic E-state index is 12.2. The molecule has 0 atom stereocenters. The number of hydrogen-bond acceptors (Lipinski definition) is 3. The molecule has 1 heterocycles. The lowest BCUT2D eigenvalue weighted by molar-refractivity contribution is -0.122. The van der Waals surface area contributed by atoms with Crippen LogP contribution in [0, 0.1) is 5.92 Å². The Morgan fingerprint density at radius 1 is 0.958 bits per heavy atom. The summed E-state index contributed by atoms with van der Waals surface area (Å²) in [4.78, 5) is 18.1. The Bertz CT molecular complexity index is 782. The van der Waals surface area contributed by atoms with Gasteiger partial charge in [-0.2, -0.15) is 0 Å². The number of nitrogens with zero attached hydrogens (tertiary/aromatic N) is 1. The van der Waals surface area contributed by atoms with Gasteiger partial charge in [0.15, 0.2) is 5.13 Å². The topological polar surface area (TPSA) is 42.0 Å². The van der Waals surface area contributed by atoms with Crippen molar-refractivity contribution in [2.24, 2.45) is 5.92 Å². The third kappa shape index (κ3) is 2.97. The summed E-state index contributed by atoms with van der Waals surface area (Å²) in [6, 6.07) is 20.3. The van der Waals surface area contributed by atoms with E-state index in [1.807, 2.05) is 36.4 Å². The predicted molar refractivity (Wildman–Crippen MR) is 99.0 cm³/mol. The highest BCUT2D eigenvalue weighted by atomic mass is 32.1. The second-order valence-electron chi connectivity index (χ2n) is 6.05.